The number of hydrogen-bond acceptors (Lipinski definition) is 2. The van der Waals surface area contributed by atoms with Gasteiger partial charge in [0, 0.05) is 13.0 Å². The Morgan fingerprint density at radius 2 is 1.91 bits per heavy atom. The fraction of sp³-hybridized carbons (Fsp3) is 0.176. The molecule has 0 unspecified atom stereocenters. The van der Waals surface area contributed by atoms with E-state index in [2.05, 4.69) is 5.32 Å². The van der Waals surface area contributed by atoms with E-state index < -0.39 is 11.6 Å². The van der Waals surface area contributed by atoms with Gasteiger partial charge in [0.15, 0.2) is 0 Å². The highest BCUT2D eigenvalue weighted by Crippen LogP contribution is 2.30. The zero-order chi connectivity index (χ0) is 16.4. The van der Waals surface area contributed by atoms with Crippen molar-refractivity contribution in [1.29, 1.82) is 0 Å². The molecular formula is C17H14F2N2O2. The molecule has 2 aromatic carbocycles. The van der Waals surface area contributed by atoms with Crippen LogP contribution in [0.4, 0.5) is 20.2 Å². The van der Waals surface area contributed by atoms with Crippen molar-refractivity contribution in [3.05, 3.63) is 59.7 Å². The molecule has 118 valence electrons. The monoisotopic (exact) mass is 316 g/mol. The van der Waals surface area contributed by atoms with Crippen molar-refractivity contribution in [3.63, 3.8) is 0 Å². The zero-order valence-corrected chi connectivity index (χ0v) is 12.2. The lowest BCUT2D eigenvalue weighted by Crippen LogP contribution is -2.33. The van der Waals surface area contributed by atoms with E-state index in [0.29, 0.717) is 11.3 Å². The van der Waals surface area contributed by atoms with Crippen LogP contribution in [0.1, 0.15) is 12.0 Å². The Morgan fingerprint density at radius 1 is 1.13 bits per heavy atom. The average Bonchev–Trinajstić information content (AvgIpc) is 2.65. The second-order valence-electron chi connectivity index (χ2n) is 5.31. The molecule has 1 N–H and O–H groups in total. The number of carbonyl (C=O) groups is 2. The molecule has 0 radical (unpaired) electrons. The van der Waals surface area contributed by atoms with Crippen LogP contribution in [-0.2, 0) is 16.0 Å². The molecule has 0 spiro atoms. The molecule has 2 amide bonds. The second-order valence-corrected chi connectivity index (χ2v) is 5.31. The number of amides is 2. The highest BCUT2D eigenvalue weighted by Gasteiger charge is 2.24. The molecule has 1 heterocycles. The fourth-order valence-electron chi connectivity index (χ4n) is 2.57. The van der Waals surface area contributed by atoms with Gasteiger partial charge in [-0.15, -0.1) is 0 Å². The van der Waals surface area contributed by atoms with Crippen LogP contribution < -0.4 is 10.2 Å². The first-order valence-electron chi connectivity index (χ1n) is 7.17. The van der Waals surface area contributed by atoms with Gasteiger partial charge >= 0.3 is 0 Å². The van der Waals surface area contributed by atoms with Gasteiger partial charge in [-0.2, -0.15) is 0 Å². The van der Waals surface area contributed by atoms with Crippen molar-refractivity contribution >= 4 is 23.2 Å². The molecule has 0 aromatic heterocycles. The molecule has 0 aliphatic carbocycles. The molecule has 0 fully saturated rings. The quantitative estimate of drug-likeness (QED) is 0.926. The Hall–Kier alpha value is -2.76. The van der Waals surface area contributed by atoms with Crippen LogP contribution in [-0.4, -0.2) is 18.4 Å². The van der Waals surface area contributed by atoms with Crippen LogP contribution >= 0.6 is 0 Å². The van der Waals surface area contributed by atoms with E-state index >= 15 is 0 Å². The van der Waals surface area contributed by atoms with Gasteiger partial charge in [-0.25, -0.2) is 8.78 Å². The van der Waals surface area contributed by atoms with Crippen LogP contribution in [0.5, 0.6) is 0 Å². The molecule has 23 heavy (non-hydrogen) atoms. The van der Waals surface area contributed by atoms with Gasteiger partial charge in [-0.1, -0.05) is 12.1 Å². The molecular weight excluding hydrogens is 302 g/mol. The minimum atomic E-state index is -0.497. The van der Waals surface area contributed by atoms with Crippen molar-refractivity contribution < 1.29 is 18.4 Å². The predicted octanol–water partition coefficient (Wildman–Crippen LogP) is 2.88. The molecule has 6 heteroatoms. The van der Waals surface area contributed by atoms with Crippen LogP contribution in [0.15, 0.2) is 42.5 Å². The number of nitrogens with zero attached hydrogens (tertiary/aromatic N) is 1. The molecule has 1 aliphatic rings. The van der Waals surface area contributed by atoms with Crippen molar-refractivity contribution in [2.45, 2.75) is 12.8 Å². The lowest BCUT2D eigenvalue weighted by molar-refractivity contribution is -0.118. The van der Waals surface area contributed by atoms with E-state index in [4.69, 9.17) is 0 Å². The first-order chi connectivity index (χ1) is 11.0. The van der Waals surface area contributed by atoms with Crippen LogP contribution in [0, 0.1) is 11.6 Å². The third kappa shape index (κ3) is 3.36. The minimum absolute atomic E-state index is 0.00274. The number of carbonyl (C=O) groups excluding carboxylic acids is 2. The molecule has 0 saturated carbocycles. The third-order valence-electron chi connectivity index (χ3n) is 3.63. The van der Waals surface area contributed by atoms with Gasteiger partial charge in [0.25, 0.3) is 0 Å². The summed E-state index contributed by atoms with van der Waals surface area (Å²) in [6, 6.07) is 9.67. The predicted molar refractivity (Wildman–Crippen MR) is 82.1 cm³/mol. The van der Waals surface area contributed by atoms with Crippen LogP contribution in [0.25, 0.3) is 0 Å². The smallest absolute Gasteiger partial charge is 0.231 e. The van der Waals surface area contributed by atoms with E-state index in [1.807, 2.05) is 0 Å². The molecule has 4 nitrogen and oxygen atoms in total. The largest absolute Gasteiger partial charge is 0.324 e. The summed E-state index contributed by atoms with van der Waals surface area (Å²) >= 11 is 0. The molecule has 0 atom stereocenters. The summed E-state index contributed by atoms with van der Waals surface area (Å²) in [6.07, 6.45) is 0.119. The third-order valence-corrected chi connectivity index (χ3v) is 3.63. The van der Waals surface area contributed by atoms with Gasteiger partial charge in [0.1, 0.15) is 11.6 Å². The number of nitrogens with one attached hydrogen (secondary N) is 1. The van der Waals surface area contributed by atoms with E-state index in [1.165, 1.54) is 41.3 Å². The summed E-state index contributed by atoms with van der Waals surface area (Å²) < 4.78 is 26.6. The summed E-state index contributed by atoms with van der Waals surface area (Å²) in [5, 5.41) is 2.59. The topological polar surface area (TPSA) is 49.4 Å². The van der Waals surface area contributed by atoms with Crippen LogP contribution in [0.3, 0.4) is 0 Å². The first-order valence-corrected chi connectivity index (χ1v) is 7.17. The second kappa shape index (κ2) is 6.16. The Bertz CT molecular complexity index is 777. The van der Waals surface area contributed by atoms with Gasteiger partial charge < -0.3 is 10.2 Å². The lowest BCUT2D eigenvalue weighted by Gasteiger charge is -2.22. The van der Waals surface area contributed by atoms with E-state index in [1.54, 1.807) is 6.07 Å². The molecule has 2 aromatic rings. The van der Waals surface area contributed by atoms with E-state index in [0.717, 1.165) is 0 Å². The minimum Gasteiger partial charge on any atom is -0.324 e. The fourth-order valence-corrected chi connectivity index (χ4v) is 2.57. The van der Waals surface area contributed by atoms with Crippen molar-refractivity contribution in [2.24, 2.45) is 0 Å². The van der Waals surface area contributed by atoms with Crippen molar-refractivity contribution in [2.75, 3.05) is 16.8 Å². The normalized spacial score (nSPS) is 14.0. The molecule has 1 aliphatic heterocycles. The van der Waals surface area contributed by atoms with E-state index in [-0.39, 0.29) is 36.9 Å². The maximum atomic E-state index is 13.4. The summed E-state index contributed by atoms with van der Waals surface area (Å²) in [5.74, 6) is -1.47. The maximum absolute atomic E-state index is 13.4. The Kier molecular flexibility index (Phi) is 4.06. The number of fused-ring (bicyclic) bond motifs is 1. The lowest BCUT2D eigenvalue weighted by atomic mass is 10.1. The highest BCUT2D eigenvalue weighted by atomic mass is 19.1. The first kappa shape index (κ1) is 15.1. The number of benzene rings is 2. The SMILES string of the molecule is O=C1CCN(C(=O)Cc2cccc(F)c2)c2ccc(F)cc2N1. The van der Waals surface area contributed by atoms with Gasteiger partial charge in [0.05, 0.1) is 17.8 Å². The number of anilines is 2. The summed E-state index contributed by atoms with van der Waals surface area (Å²) in [6.45, 7) is 0.193. The van der Waals surface area contributed by atoms with Crippen LogP contribution in [0.2, 0.25) is 0 Å². The summed E-state index contributed by atoms with van der Waals surface area (Å²) in [7, 11) is 0. The molecule has 0 bridgehead atoms. The summed E-state index contributed by atoms with van der Waals surface area (Å²) in [4.78, 5) is 25.7. The van der Waals surface area contributed by atoms with Gasteiger partial charge in [-0.3, -0.25) is 9.59 Å². The highest BCUT2D eigenvalue weighted by molar-refractivity contribution is 6.04. The van der Waals surface area contributed by atoms with Gasteiger partial charge in [0.2, 0.25) is 11.8 Å². The van der Waals surface area contributed by atoms with Crippen molar-refractivity contribution in [3.8, 4) is 0 Å². The molecule has 0 saturated heterocycles. The van der Waals surface area contributed by atoms with Crippen molar-refractivity contribution in [1.82, 2.24) is 0 Å². The Balaban J connectivity index is 1.90. The summed E-state index contributed by atoms with van der Waals surface area (Å²) in [5.41, 5.74) is 1.25. The Morgan fingerprint density at radius 3 is 2.70 bits per heavy atom. The average molecular weight is 316 g/mol. The Labute approximate surface area is 131 Å². The standard InChI is InChI=1S/C17H14F2N2O2/c18-12-3-1-2-11(8-12)9-17(23)21-7-6-16(22)20-14-10-13(19)4-5-15(14)21/h1-5,8,10H,6-7,9H2,(H,20,22). The maximum Gasteiger partial charge on any atom is 0.231 e. The number of halogens is 2. The van der Waals surface area contributed by atoms with Gasteiger partial charge in [-0.05, 0) is 35.9 Å². The number of rotatable bonds is 2. The van der Waals surface area contributed by atoms with E-state index in [9.17, 15) is 18.4 Å². The zero-order valence-electron chi connectivity index (χ0n) is 12.2. The number of hydrogen-bond donors (Lipinski definition) is 1. The molecule has 3 rings (SSSR count).